The fraction of sp³-hybridized carbons (Fsp3) is 0.350. The number of nitrogens with zero attached hydrogens (tertiary/aromatic N) is 1. The molecule has 11 heteroatoms. The number of pyridine rings is 1. The summed E-state index contributed by atoms with van der Waals surface area (Å²) in [6.07, 6.45) is -5.64. The highest BCUT2D eigenvalue weighted by atomic mass is 19.4. The molecule has 3 rings (SSSR count). The highest BCUT2D eigenvalue weighted by molar-refractivity contribution is 5.98. The lowest BCUT2D eigenvalue weighted by Gasteiger charge is -2.18. The van der Waals surface area contributed by atoms with Crippen LogP contribution in [0.4, 0.5) is 18.9 Å². The summed E-state index contributed by atoms with van der Waals surface area (Å²) in [6.45, 7) is 2.62. The largest absolute Gasteiger partial charge is 0.491 e. The molecule has 8 nitrogen and oxygen atoms in total. The van der Waals surface area contributed by atoms with Crippen LogP contribution >= 0.6 is 0 Å². The van der Waals surface area contributed by atoms with Gasteiger partial charge in [-0.05, 0) is 35.7 Å². The highest BCUT2D eigenvalue weighted by Gasteiger charge is 2.43. The Morgan fingerprint density at radius 3 is 2.42 bits per heavy atom. The van der Waals surface area contributed by atoms with E-state index >= 15 is 0 Å². The van der Waals surface area contributed by atoms with Crippen LogP contribution in [0.25, 0.3) is 11.3 Å². The van der Waals surface area contributed by atoms with E-state index in [0.717, 1.165) is 11.8 Å². The van der Waals surface area contributed by atoms with Gasteiger partial charge in [-0.2, -0.15) is 13.2 Å². The average molecular weight is 439 g/mol. The van der Waals surface area contributed by atoms with Crippen molar-refractivity contribution in [2.75, 3.05) is 18.0 Å². The summed E-state index contributed by atoms with van der Waals surface area (Å²) >= 11 is 0. The van der Waals surface area contributed by atoms with E-state index in [1.54, 1.807) is 31.2 Å². The third kappa shape index (κ3) is 4.78. The fourth-order valence-corrected chi connectivity index (χ4v) is 3.32. The van der Waals surface area contributed by atoms with Crippen molar-refractivity contribution in [3.05, 3.63) is 51.8 Å². The number of ether oxygens (including phenoxy) is 1. The van der Waals surface area contributed by atoms with Gasteiger partial charge in [-0.15, -0.1) is 0 Å². The standard InChI is InChI=1S/C20H20F3N3O5/c1-2-10-7-13(18(29)31-19(30)20(21,22)23)17(28)25-16(10)11-3-5-12(6-4-11)26-8-14(24)15(27)9-26/h3-7,14-15,27H,2,8-9,24H2,1H3,(H,25,28)/t14-,15+/m1/s1. The molecular weight excluding hydrogens is 419 g/mol. The molecule has 1 aliphatic rings. The predicted molar refractivity (Wildman–Crippen MR) is 105 cm³/mol. The van der Waals surface area contributed by atoms with Crippen molar-refractivity contribution in [3.63, 3.8) is 0 Å². The Morgan fingerprint density at radius 1 is 1.26 bits per heavy atom. The van der Waals surface area contributed by atoms with Gasteiger partial charge in [0, 0.05) is 24.8 Å². The molecule has 1 fully saturated rings. The second-order valence-corrected chi connectivity index (χ2v) is 7.12. The minimum Gasteiger partial charge on any atom is -0.390 e. The number of aliphatic hydroxyl groups excluding tert-OH is 1. The minimum absolute atomic E-state index is 0.342. The molecule has 0 aliphatic carbocycles. The zero-order valence-electron chi connectivity index (χ0n) is 16.4. The first kappa shape index (κ1) is 22.5. The molecule has 0 unspecified atom stereocenters. The van der Waals surface area contributed by atoms with Gasteiger partial charge < -0.3 is 25.5 Å². The summed E-state index contributed by atoms with van der Waals surface area (Å²) in [4.78, 5) is 39.5. The molecule has 0 radical (unpaired) electrons. The normalized spacial score (nSPS) is 18.8. The Morgan fingerprint density at radius 2 is 1.90 bits per heavy atom. The number of aromatic amines is 1. The lowest BCUT2D eigenvalue weighted by Crippen LogP contribution is -2.32. The molecule has 2 aromatic rings. The van der Waals surface area contributed by atoms with Crippen LogP contribution in [0.3, 0.4) is 0 Å². The minimum atomic E-state index is -5.35. The monoisotopic (exact) mass is 439 g/mol. The number of nitrogens with one attached hydrogen (secondary N) is 1. The van der Waals surface area contributed by atoms with Crippen LogP contribution in [0, 0.1) is 0 Å². The molecule has 2 heterocycles. The van der Waals surface area contributed by atoms with Crippen molar-refractivity contribution in [3.8, 4) is 11.3 Å². The Labute approximate surface area is 174 Å². The number of esters is 2. The summed E-state index contributed by atoms with van der Waals surface area (Å²) in [5, 5.41) is 9.80. The third-order valence-corrected chi connectivity index (χ3v) is 4.99. The van der Waals surface area contributed by atoms with Crippen molar-refractivity contribution < 1.29 is 32.6 Å². The average Bonchev–Trinajstić information content (AvgIpc) is 3.05. The molecule has 0 amide bonds. The number of aryl methyl sites for hydroxylation is 1. The number of aromatic nitrogens is 1. The van der Waals surface area contributed by atoms with Crippen LogP contribution in [-0.4, -0.2) is 53.4 Å². The van der Waals surface area contributed by atoms with Crippen molar-refractivity contribution >= 4 is 17.6 Å². The zero-order chi connectivity index (χ0) is 22.9. The number of carbonyl (C=O) groups excluding carboxylic acids is 2. The molecule has 4 N–H and O–H groups in total. The van der Waals surface area contributed by atoms with Crippen molar-refractivity contribution in [1.82, 2.24) is 4.98 Å². The topological polar surface area (TPSA) is 126 Å². The summed E-state index contributed by atoms with van der Waals surface area (Å²) in [5.74, 6) is -4.37. The SMILES string of the molecule is CCc1cc(C(=O)OC(=O)C(F)(F)F)c(=O)[nH]c1-c1ccc(N2C[C@@H](N)[C@@H](O)C2)cc1. The van der Waals surface area contributed by atoms with Crippen LogP contribution in [0.2, 0.25) is 0 Å². The molecule has 1 aromatic heterocycles. The molecule has 0 saturated carbocycles. The summed E-state index contributed by atoms with van der Waals surface area (Å²) in [5.41, 5.74) is 6.42. The molecule has 2 atom stereocenters. The smallest absolute Gasteiger partial charge is 0.390 e. The number of halogens is 3. The number of rotatable bonds is 4. The van der Waals surface area contributed by atoms with Gasteiger partial charge in [0.05, 0.1) is 11.8 Å². The van der Waals surface area contributed by atoms with E-state index < -0.39 is 35.3 Å². The Balaban J connectivity index is 1.87. The zero-order valence-corrected chi connectivity index (χ0v) is 16.4. The number of hydrogen-bond acceptors (Lipinski definition) is 7. The molecule has 1 aliphatic heterocycles. The summed E-state index contributed by atoms with van der Waals surface area (Å²) < 4.78 is 40.7. The highest BCUT2D eigenvalue weighted by Crippen LogP contribution is 2.27. The molecule has 31 heavy (non-hydrogen) atoms. The van der Waals surface area contributed by atoms with Gasteiger partial charge in [-0.3, -0.25) is 4.79 Å². The van der Waals surface area contributed by atoms with Gasteiger partial charge >= 0.3 is 18.1 Å². The molecule has 0 spiro atoms. The summed E-state index contributed by atoms with van der Waals surface area (Å²) in [7, 11) is 0. The van der Waals surface area contributed by atoms with Gasteiger partial charge in [0.1, 0.15) is 5.56 Å². The maximum Gasteiger partial charge on any atom is 0.491 e. The number of benzene rings is 1. The number of hydrogen-bond donors (Lipinski definition) is 3. The lowest BCUT2D eigenvalue weighted by atomic mass is 10.0. The van der Waals surface area contributed by atoms with Crippen LogP contribution in [0.15, 0.2) is 35.1 Å². The van der Waals surface area contributed by atoms with Crippen LogP contribution < -0.4 is 16.2 Å². The molecule has 0 bridgehead atoms. The quantitative estimate of drug-likeness (QED) is 0.485. The molecule has 1 aromatic carbocycles. The first-order chi connectivity index (χ1) is 14.5. The lowest BCUT2D eigenvalue weighted by molar-refractivity contribution is -0.193. The van der Waals surface area contributed by atoms with Gasteiger partial charge in [0.25, 0.3) is 5.56 Å². The van der Waals surface area contributed by atoms with Crippen molar-refractivity contribution in [2.24, 2.45) is 5.73 Å². The first-order valence-electron chi connectivity index (χ1n) is 9.39. The van der Waals surface area contributed by atoms with Gasteiger partial charge in [0.15, 0.2) is 0 Å². The van der Waals surface area contributed by atoms with Crippen LogP contribution in [0.5, 0.6) is 0 Å². The number of aliphatic hydroxyl groups is 1. The van der Waals surface area contributed by atoms with Crippen molar-refractivity contribution in [1.29, 1.82) is 0 Å². The molecular formula is C20H20F3N3O5. The van der Waals surface area contributed by atoms with Crippen molar-refractivity contribution in [2.45, 2.75) is 31.7 Å². The first-order valence-corrected chi connectivity index (χ1v) is 9.39. The summed E-state index contributed by atoms with van der Waals surface area (Å²) in [6, 6.07) is 7.77. The van der Waals surface area contributed by atoms with E-state index in [4.69, 9.17) is 5.73 Å². The van der Waals surface area contributed by atoms with E-state index in [1.807, 2.05) is 4.90 Å². The second-order valence-electron chi connectivity index (χ2n) is 7.12. The van der Waals surface area contributed by atoms with E-state index in [9.17, 15) is 32.7 Å². The Bertz CT molecular complexity index is 1040. The predicted octanol–water partition coefficient (Wildman–Crippen LogP) is 1.36. The number of β-amino-alcohol motifs (C(OH)–C–C–N with tert-alkyl or cyclic N) is 1. The third-order valence-electron chi connectivity index (χ3n) is 4.99. The number of anilines is 1. The molecule has 166 valence electrons. The van der Waals surface area contributed by atoms with E-state index in [-0.39, 0.29) is 6.04 Å². The van der Waals surface area contributed by atoms with Gasteiger partial charge in [-0.25, -0.2) is 9.59 Å². The number of alkyl halides is 3. The Hall–Kier alpha value is -3.18. The molecule has 1 saturated heterocycles. The van der Waals surface area contributed by atoms with E-state index in [1.165, 1.54) is 0 Å². The van der Waals surface area contributed by atoms with Gasteiger partial charge in [-0.1, -0.05) is 19.1 Å². The number of carbonyl (C=O) groups is 2. The van der Waals surface area contributed by atoms with E-state index in [2.05, 4.69) is 9.72 Å². The number of nitrogens with two attached hydrogens (primary N) is 1. The maximum atomic E-state index is 12.3. The second kappa shape index (κ2) is 8.52. The maximum absolute atomic E-state index is 12.3. The fourth-order valence-electron chi connectivity index (χ4n) is 3.32. The van der Waals surface area contributed by atoms with Crippen LogP contribution in [-0.2, 0) is 16.0 Å². The van der Waals surface area contributed by atoms with E-state index in [0.29, 0.717) is 36.3 Å². The number of H-pyrrole nitrogens is 1. The van der Waals surface area contributed by atoms with Gasteiger partial charge in [0.2, 0.25) is 0 Å². The van der Waals surface area contributed by atoms with Crippen LogP contribution in [0.1, 0.15) is 22.8 Å². The Kier molecular flexibility index (Phi) is 6.18.